The van der Waals surface area contributed by atoms with Gasteiger partial charge in [0.15, 0.2) is 0 Å². The first-order chi connectivity index (χ1) is 11.8. The second kappa shape index (κ2) is 6.79. The van der Waals surface area contributed by atoms with Crippen molar-refractivity contribution in [3.8, 4) is 0 Å². The maximum absolute atomic E-state index is 12.0. The zero-order valence-corrected chi connectivity index (χ0v) is 14.9. The molecule has 1 N–H and O–H groups in total. The van der Waals surface area contributed by atoms with Gasteiger partial charge < -0.3 is 14.6 Å². The molecule has 0 bridgehead atoms. The Hall–Kier alpha value is -1.88. The maximum Gasteiger partial charge on any atom is 0.334 e. The van der Waals surface area contributed by atoms with E-state index in [1.165, 1.54) is 0 Å². The van der Waals surface area contributed by atoms with E-state index in [0.29, 0.717) is 24.0 Å². The van der Waals surface area contributed by atoms with Gasteiger partial charge in [0.05, 0.1) is 12.0 Å². The third kappa shape index (κ3) is 3.06. The molecular weight excluding hydrogens is 320 g/mol. The number of hydrogen-bond donors (Lipinski definition) is 1. The minimum atomic E-state index is -0.647. The average molecular weight is 346 g/mol. The lowest BCUT2D eigenvalue weighted by molar-refractivity contribution is -0.147. The molecule has 0 aromatic heterocycles. The molecular formula is C20H26O5. The van der Waals surface area contributed by atoms with E-state index in [1.54, 1.807) is 0 Å². The second-order valence-electron chi connectivity index (χ2n) is 7.36. The van der Waals surface area contributed by atoms with Gasteiger partial charge >= 0.3 is 11.9 Å². The van der Waals surface area contributed by atoms with Gasteiger partial charge in [-0.15, -0.1) is 0 Å². The Morgan fingerprint density at radius 3 is 2.84 bits per heavy atom. The van der Waals surface area contributed by atoms with Gasteiger partial charge in [-0.05, 0) is 36.8 Å². The van der Waals surface area contributed by atoms with Crippen molar-refractivity contribution in [2.75, 3.05) is 6.61 Å². The molecule has 3 aliphatic rings. The number of rotatable bonds is 4. The Labute approximate surface area is 148 Å². The summed E-state index contributed by atoms with van der Waals surface area (Å²) in [4.78, 5) is 24.0. The molecule has 5 heteroatoms. The lowest BCUT2D eigenvalue weighted by atomic mass is 9.84. The van der Waals surface area contributed by atoms with Crippen LogP contribution in [0.5, 0.6) is 0 Å². The number of aliphatic hydroxyl groups excluding tert-OH is 1. The van der Waals surface area contributed by atoms with E-state index in [9.17, 15) is 14.7 Å². The molecule has 136 valence electrons. The molecule has 3 rings (SSSR count). The van der Waals surface area contributed by atoms with Crippen LogP contribution in [-0.2, 0) is 19.1 Å². The molecule has 0 amide bonds. The van der Waals surface area contributed by atoms with Crippen LogP contribution < -0.4 is 0 Å². The second-order valence-corrected chi connectivity index (χ2v) is 7.36. The number of aliphatic hydroxyl groups is 1. The highest BCUT2D eigenvalue weighted by molar-refractivity contribution is 5.91. The van der Waals surface area contributed by atoms with Crippen LogP contribution in [0.15, 0.2) is 35.5 Å². The lowest BCUT2D eigenvalue weighted by Crippen LogP contribution is -2.27. The molecule has 5 unspecified atom stereocenters. The van der Waals surface area contributed by atoms with Gasteiger partial charge in [-0.3, -0.25) is 4.79 Å². The fourth-order valence-electron chi connectivity index (χ4n) is 4.06. The molecule has 0 spiro atoms. The highest BCUT2D eigenvalue weighted by Gasteiger charge is 2.50. The van der Waals surface area contributed by atoms with Crippen molar-refractivity contribution in [2.45, 2.75) is 51.7 Å². The normalized spacial score (nSPS) is 32.8. The predicted molar refractivity (Wildman–Crippen MR) is 92.4 cm³/mol. The maximum atomic E-state index is 12.0. The molecule has 0 radical (unpaired) electrons. The Kier molecular flexibility index (Phi) is 4.87. The summed E-state index contributed by atoms with van der Waals surface area (Å²) >= 11 is 0. The van der Waals surface area contributed by atoms with Crippen molar-refractivity contribution in [3.05, 3.63) is 35.5 Å². The van der Waals surface area contributed by atoms with E-state index >= 15 is 0 Å². The summed E-state index contributed by atoms with van der Waals surface area (Å²) in [6, 6.07) is 0. The van der Waals surface area contributed by atoms with Crippen LogP contribution >= 0.6 is 0 Å². The summed E-state index contributed by atoms with van der Waals surface area (Å²) < 4.78 is 11.1. The zero-order chi connectivity index (χ0) is 18.3. The van der Waals surface area contributed by atoms with Gasteiger partial charge in [-0.25, -0.2) is 4.79 Å². The quantitative estimate of drug-likeness (QED) is 0.481. The van der Waals surface area contributed by atoms with Crippen molar-refractivity contribution in [1.29, 1.82) is 0 Å². The molecule has 1 heterocycles. The number of hydrogen-bond acceptors (Lipinski definition) is 5. The van der Waals surface area contributed by atoms with Crippen molar-refractivity contribution in [3.63, 3.8) is 0 Å². The highest BCUT2D eigenvalue weighted by Crippen LogP contribution is 2.50. The summed E-state index contributed by atoms with van der Waals surface area (Å²) in [5.41, 5.74) is 3.22. The van der Waals surface area contributed by atoms with Gasteiger partial charge in [-0.2, -0.15) is 0 Å². The van der Waals surface area contributed by atoms with Crippen LogP contribution in [0.3, 0.4) is 0 Å². The van der Waals surface area contributed by atoms with E-state index in [4.69, 9.17) is 9.47 Å². The molecule has 25 heavy (non-hydrogen) atoms. The summed E-state index contributed by atoms with van der Waals surface area (Å²) in [6.45, 7) is 11.9. The zero-order valence-electron chi connectivity index (χ0n) is 14.9. The summed E-state index contributed by atoms with van der Waals surface area (Å²) in [5, 5.41) is 10.3. The first kappa shape index (κ1) is 17.9. The topological polar surface area (TPSA) is 72.8 Å². The van der Waals surface area contributed by atoms with Crippen LogP contribution in [0.4, 0.5) is 0 Å². The van der Waals surface area contributed by atoms with Crippen molar-refractivity contribution in [1.82, 2.24) is 0 Å². The molecule has 1 aliphatic heterocycles. The fourth-order valence-corrected chi connectivity index (χ4v) is 4.06. The SMILES string of the molecule is C=C1C(=O)OC2C1CCC(COC(=O)C(C)CC)=C1CC(O)C(=C)C12. The highest BCUT2D eigenvalue weighted by atomic mass is 16.6. The first-order valence-corrected chi connectivity index (χ1v) is 8.99. The average Bonchev–Trinajstić information content (AvgIpc) is 2.97. The van der Waals surface area contributed by atoms with E-state index in [0.717, 1.165) is 24.0 Å². The van der Waals surface area contributed by atoms with Crippen molar-refractivity contribution < 1.29 is 24.2 Å². The number of fused-ring (bicyclic) bond motifs is 3. The minimum Gasteiger partial charge on any atom is -0.461 e. The minimum absolute atomic E-state index is 0.0719. The molecule has 1 saturated carbocycles. The molecule has 5 nitrogen and oxygen atoms in total. The molecule has 2 aliphatic carbocycles. The smallest absolute Gasteiger partial charge is 0.334 e. The third-order valence-electron chi connectivity index (χ3n) is 5.91. The van der Waals surface area contributed by atoms with Crippen molar-refractivity contribution >= 4 is 11.9 Å². The number of carbonyl (C=O) groups excluding carboxylic acids is 2. The van der Waals surface area contributed by atoms with E-state index < -0.39 is 6.10 Å². The van der Waals surface area contributed by atoms with E-state index in [-0.39, 0.29) is 42.4 Å². The van der Waals surface area contributed by atoms with E-state index in [2.05, 4.69) is 13.2 Å². The summed E-state index contributed by atoms with van der Waals surface area (Å²) in [7, 11) is 0. The van der Waals surface area contributed by atoms with Crippen LogP contribution in [0, 0.1) is 17.8 Å². The molecule has 0 aromatic rings. The number of carbonyl (C=O) groups is 2. The Morgan fingerprint density at radius 2 is 2.16 bits per heavy atom. The standard InChI is InChI=1S/C20H26O5/c1-5-10(2)19(22)24-9-13-6-7-14-11(3)20(23)25-18(14)17-12(4)16(21)8-15(13)17/h10,14,16-18,21H,3-9H2,1-2H3. The van der Waals surface area contributed by atoms with Gasteiger partial charge in [-0.1, -0.05) is 32.6 Å². The van der Waals surface area contributed by atoms with Crippen LogP contribution in [0.2, 0.25) is 0 Å². The van der Waals surface area contributed by atoms with Gasteiger partial charge in [0.25, 0.3) is 0 Å². The van der Waals surface area contributed by atoms with Crippen molar-refractivity contribution in [2.24, 2.45) is 17.8 Å². The van der Waals surface area contributed by atoms with Gasteiger partial charge in [0.1, 0.15) is 12.7 Å². The monoisotopic (exact) mass is 346 g/mol. The third-order valence-corrected chi connectivity index (χ3v) is 5.91. The van der Waals surface area contributed by atoms with Crippen LogP contribution in [-0.4, -0.2) is 35.9 Å². The van der Waals surface area contributed by atoms with Gasteiger partial charge in [0, 0.05) is 17.4 Å². The molecule has 2 fully saturated rings. The number of esters is 2. The first-order valence-electron chi connectivity index (χ1n) is 8.99. The Bertz CT molecular complexity index is 659. The summed E-state index contributed by atoms with van der Waals surface area (Å²) in [5.74, 6) is -0.961. The van der Waals surface area contributed by atoms with E-state index in [1.807, 2.05) is 13.8 Å². The predicted octanol–water partition coefficient (Wildman–Crippen LogP) is 2.70. The van der Waals surface area contributed by atoms with Crippen LogP contribution in [0.25, 0.3) is 0 Å². The molecule has 5 atom stereocenters. The molecule has 1 saturated heterocycles. The Balaban J connectivity index is 1.86. The lowest BCUT2D eigenvalue weighted by Gasteiger charge is -2.23. The van der Waals surface area contributed by atoms with Crippen LogP contribution in [0.1, 0.15) is 39.5 Å². The fraction of sp³-hybridized carbons (Fsp3) is 0.600. The molecule has 0 aromatic carbocycles. The largest absolute Gasteiger partial charge is 0.461 e. The van der Waals surface area contributed by atoms with Gasteiger partial charge in [0.2, 0.25) is 0 Å². The Morgan fingerprint density at radius 1 is 1.44 bits per heavy atom. The summed E-state index contributed by atoms with van der Waals surface area (Å²) in [6.07, 6.45) is 1.65. The number of ether oxygens (including phenoxy) is 2.